The molecule has 1 fully saturated rings. The highest BCUT2D eigenvalue weighted by Crippen LogP contribution is 1.98. The molecule has 64 valence electrons. The van der Waals surface area contributed by atoms with Gasteiger partial charge < -0.3 is 15.7 Å². The largest absolute Gasteiger partial charge is 0.481 e. The minimum atomic E-state index is -0.718. The van der Waals surface area contributed by atoms with Crippen molar-refractivity contribution in [1.82, 2.24) is 10.6 Å². The first-order chi connectivity index (χ1) is 5.29. The van der Waals surface area contributed by atoms with Crippen molar-refractivity contribution < 1.29 is 9.90 Å². The van der Waals surface area contributed by atoms with E-state index in [4.69, 9.17) is 5.11 Å². The van der Waals surface area contributed by atoms with Gasteiger partial charge in [0, 0.05) is 19.1 Å². The summed E-state index contributed by atoms with van der Waals surface area (Å²) in [5.41, 5.74) is 0. The number of nitrogens with one attached hydrogen (secondary N) is 2. The van der Waals surface area contributed by atoms with Gasteiger partial charge in [-0.3, -0.25) is 4.79 Å². The molecule has 11 heavy (non-hydrogen) atoms. The summed E-state index contributed by atoms with van der Waals surface area (Å²) in [6, 6.07) is 0.155. The SMILES string of the molecule is O=C(O)CC1CCNCCN1. The standard InChI is InChI=1S/C7H14N2O2/c10-7(11)5-6-1-2-8-3-4-9-6/h6,8-9H,1-5H2,(H,10,11). The molecule has 4 nitrogen and oxygen atoms in total. The van der Waals surface area contributed by atoms with Crippen LogP contribution in [0.3, 0.4) is 0 Å². The summed E-state index contributed by atoms with van der Waals surface area (Å²) >= 11 is 0. The molecule has 4 heteroatoms. The van der Waals surface area contributed by atoms with Gasteiger partial charge in [-0.2, -0.15) is 0 Å². The summed E-state index contributed by atoms with van der Waals surface area (Å²) in [6.07, 6.45) is 1.15. The van der Waals surface area contributed by atoms with Crippen molar-refractivity contribution in [2.75, 3.05) is 19.6 Å². The Morgan fingerprint density at radius 3 is 3.00 bits per heavy atom. The van der Waals surface area contributed by atoms with Crippen molar-refractivity contribution in [3.05, 3.63) is 0 Å². The van der Waals surface area contributed by atoms with Gasteiger partial charge in [0.25, 0.3) is 0 Å². The van der Waals surface area contributed by atoms with Crippen LogP contribution in [0.1, 0.15) is 12.8 Å². The summed E-state index contributed by atoms with van der Waals surface area (Å²) in [7, 11) is 0. The summed E-state index contributed by atoms with van der Waals surface area (Å²) in [5, 5.41) is 14.9. The van der Waals surface area contributed by atoms with Gasteiger partial charge in [-0.1, -0.05) is 0 Å². The van der Waals surface area contributed by atoms with Crippen LogP contribution in [0.15, 0.2) is 0 Å². The van der Waals surface area contributed by atoms with Crippen LogP contribution >= 0.6 is 0 Å². The molecule has 1 atom stereocenters. The van der Waals surface area contributed by atoms with Crippen LogP contribution in [0.4, 0.5) is 0 Å². The Morgan fingerprint density at radius 1 is 1.45 bits per heavy atom. The van der Waals surface area contributed by atoms with E-state index in [9.17, 15) is 4.79 Å². The minimum Gasteiger partial charge on any atom is -0.481 e. The predicted molar refractivity (Wildman–Crippen MR) is 41.5 cm³/mol. The maximum Gasteiger partial charge on any atom is 0.304 e. The molecule has 1 aliphatic rings. The lowest BCUT2D eigenvalue weighted by Gasteiger charge is -2.11. The molecule has 0 radical (unpaired) electrons. The lowest BCUT2D eigenvalue weighted by molar-refractivity contribution is -0.137. The average Bonchev–Trinajstić information content (AvgIpc) is 2.14. The van der Waals surface area contributed by atoms with Crippen LogP contribution in [0, 0.1) is 0 Å². The molecule has 1 aliphatic heterocycles. The first-order valence-electron chi connectivity index (χ1n) is 3.95. The van der Waals surface area contributed by atoms with Gasteiger partial charge in [0.1, 0.15) is 0 Å². The maximum atomic E-state index is 10.3. The first-order valence-corrected chi connectivity index (χ1v) is 3.95. The Balaban J connectivity index is 2.25. The third-order valence-electron chi connectivity index (χ3n) is 1.83. The number of carboxylic acid groups (broad SMARTS) is 1. The molecule has 0 aliphatic carbocycles. The van der Waals surface area contributed by atoms with E-state index < -0.39 is 5.97 Å². The fourth-order valence-electron chi connectivity index (χ4n) is 1.25. The van der Waals surface area contributed by atoms with E-state index >= 15 is 0 Å². The van der Waals surface area contributed by atoms with Crippen molar-refractivity contribution >= 4 is 5.97 Å². The molecule has 0 saturated carbocycles. The quantitative estimate of drug-likeness (QED) is 0.503. The Morgan fingerprint density at radius 2 is 2.27 bits per heavy atom. The van der Waals surface area contributed by atoms with Crippen LogP contribution in [0.5, 0.6) is 0 Å². The molecule has 1 rings (SSSR count). The van der Waals surface area contributed by atoms with E-state index in [1.54, 1.807) is 0 Å². The van der Waals surface area contributed by atoms with Crippen LogP contribution in [0.25, 0.3) is 0 Å². The zero-order chi connectivity index (χ0) is 8.10. The molecular formula is C7H14N2O2. The fourth-order valence-corrected chi connectivity index (χ4v) is 1.25. The van der Waals surface area contributed by atoms with E-state index in [2.05, 4.69) is 10.6 Å². The maximum absolute atomic E-state index is 10.3. The third-order valence-corrected chi connectivity index (χ3v) is 1.83. The van der Waals surface area contributed by atoms with Crippen LogP contribution in [-0.4, -0.2) is 36.8 Å². The summed E-state index contributed by atoms with van der Waals surface area (Å²) in [5.74, 6) is -0.718. The lowest BCUT2D eigenvalue weighted by atomic mass is 10.1. The first kappa shape index (κ1) is 8.49. The van der Waals surface area contributed by atoms with E-state index in [0.29, 0.717) is 0 Å². The Labute approximate surface area is 66.0 Å². The second-order valence-corrected chi connectivity index (χ2v) is 2.79. The van der Waals surface area contributed by atoms with Crippen molar-refractivity contribution in [3.8, 4) is 0 Å². The number of aliphatic carboxylic acids is 1. The number of rotatable bonds is 2. The molecule has 1 unspecified atom stereocenters. The monoisotopic (exact) mass is 158 g/mol. The zero-order valence-electron chi connectivity index (χ0n) is 6.47. The molecule has 0 amide bonds. The van der Waals surface area contributed by atoms with Gasteiger partial charge in [0.15, 0.2) is 0 Å². The average molecular weight is 158 g/mol. The highest BCUT2D eigenvalue weighted by atomic mass is 16.4. The number of carboxylic acids is 1. The molecule has 1 saturated heterocycles. The highest BCUT2D eigenvalue weighted by Gasteiger charge is 2.13. The smallest absolute Gasteiger partial charge is 0.304 e. The molecule has 0 aromatic rings. The van der Waals surface area contributed by atoms with Gasteiger partial charge >= 0.3 is 5.97 Å². The molecule has 0 bridgehead atoms. The van der Waals surface area contributed by atoms with Gasteiger partial charge in [0.2, 0.25) is 0 Å². The summed E-state index contributed by atoms with van der Waals surface area (Å²) in [4.78, 5) is 10.3. The summed E-state index contributed by atoms with van der Waals surface area (Å²) < 4.78 is 0. The molecule has 0 aromatic heterocycles. The van der Waals surface area contributed by atoms with Crippen LogP contribution in [-0.2, 0) is 4.79 Å². The van der Waals surface area contributed by atoms with Crippen molar-refractivity contribution in [3.63, 3.8) is 0 Å². The Hall–Kier alpha value is -0.610. The van der Waals surface area contributed by atoms with Gasteiger partial charge in [-0.15, -0.1) is 0 Å². The highest BCUT2D eigenvalue weighted by molar-refractivity contribution is 5.67. The Bertz CT molecular complexity index is 130. The van der Waals surface area contributed by atoms with Gasteiger partial charge in [0.05, 0.1) is 6.42 Å². The minimum absolute atomic E-state index is 0.155. The van der Waals surface area contributed by atoms with E-state index in [-0.39, 0.29) is 12.5 Å². The lowest BCUT2D eigenvalue weighted by Crippen LogP contribution is -2.31. The normalized spacial score (nSPS) is 26.0. The second kappa shape index (κ2) is 4.31. The van der Waals surface area contributed by atoms with Crippen molar-refractivity contribution in [1.29, 1.82) is 0 Å². The summed E-state index contributed by atoms with van der Waals surface area (Å²) in [6.45, 7) is 2.74. The number of hydrogen-bond donors (Lipinski definition) is 3. The van der Waals surface area contributed by atoms with Crippen molar-refractivity contribution in [2.24, 2.45) is 0 Å². The Kier molecular flexibility index (Phi) is 3.32. The molecule has 3 N–H and O–H groups in total. The van der Waals surface area contributed by atoms with E-state index in [0.717, 1.165) is 26.1 Å². The molecular weight excluding hydrogens is 144 g/mol. The molecule has 1 heterocycles. The zero-order valence-corrected chi connectivity index (χ0v) is 6.47. The van der Waals surface area contributed by atoms with Crippen molar-refractivity contribution in [2.45, 2.75) is 18.9 Å². The topological polar surface area (TPSA) is 61.4 Å². The number of hydrogen-bond acceptors (Lipinski definition) is 3. The molecule has 0 spiro atoms. The van der Waals surface area contributed by atoms with E-state index in [1.165, 1.54) is 0 Å². The van der Waals surface area contributed by atoms with Gasteiger partial charge in [-0.05, 0) is 13.0 Å². The third kappa shape index (κ3) is 3.34. The van der Waals surface area contributed by atoms with Crippen LogP contribution < -0.4 is 10.6 Å². The van der Waals surface area contributed by atoms with Gasteiger partial charge in [-0.25, -0.2) is 0 Å². The number of carbonyl (C=O) groups is 1. The fraction of sp³-hybridized carbons (Fsp3) is 0.857. The van der Waals surface area contributed by atoms with E-state index in [1.807, 2.05) is 0 Å². The molecule has 0 aromatic carbocycles. The predicted octanol–water partition coefficient (Wildman–Crippen LogP) is -0.587. The van der Waals surface area contributed by atoms with Crippen LogP contribution in [0.2, 0.25) is 0 Å². The second-order valence-electron chi connectivity index (χ2n) is 2.79.